The summed E-state index contributed by atoms with van der Waals surface area (Å²) in [4.78, 5) is 22.1. The zero-order valence-corrected chi connectivity index (χ0v) is 10.2. The Hall–Kier alpha value is -2.11. The van der Waals surface area contributed by atoms with Crippen molar-refractivity contribution in [2.24, 2.45) is 17.8 Å². The SMILES string of the molecule is O=C(Nc1cc([N+](=O)[O-])ccc1O)C1CC2CC2C1. The second kappa shape index (κ2) is 4.22. The summed E-state index contributed by atoms with van der Waals surface area (Å²) in [6.07, 6.45) is 3.02. The molecule has 1 amide bonds. The molecule has 2 aliphatic rings. The number of hydrogen-bond acceptors (Lipinski definition) is 4. The summed E-state index contributed by atoms with van der Waals surface area (Å²) in [6, 6.07) is 3.61. The summed E-state index contributed by atoms with van der Waals surface area (Å²) in [6.45, 7) is 0. The molecular weight excluding hydrogens is 248 g/mol. The van der Waals surface area contributed by atoms with Crippen molar-refractivity contribution in [3.8, 4) is 5.75 Å². The number of amides is 1. The standard InChI is InChI=1S/C13H14N2O4/c16-12-2-1-10(15(18)19)6-11(12)14-13(17)9-4-7-3-8(7)5-9/h1-2,6-9,16H,3-5H2,(H,14,17). The largest absolute Gasteiger partial charge is 0.506 e. The van der Waals surface area contributed by atoms with Crippen molar-refractivity contribution < 1.29 is 14.8 Å². The van der Waals surface area contributed by atoms with Gasteiger partial charge in [-0.2, -0.15) is 0 Å². The van der Waals surface area contributed by atoms with Gasteiger partial charge < -0.3 is 10.4 Å². The number of carbonyl (C=O) groups is 1. The Kier molecular flexibility index (Phi) is 2.66. The van der Waals surface area contributed by atoms with Gasteiger partial charge in [-0.05, 0) is 37.2 Å². The number of hydrogen-bond donors (Lipinski definition) is 2. The third kappa shape index (κ3) is 2.25. The Morgan fingerprint density at radius 3 is 2.63 bits per heavy atom. The van der Waals surface area contributed by atoms with Gasteiger partial charge in [-0.1, -0.05) is 0 Å². The summed E-state index contributed by atoms with van der Waals surface area (Å²) in [5.41, 5.74) is -0.0397. The molecule has 2 aliphatic carbocycles. The minimum atomic E-state index is -0.556. The lowest BCUT2D eigenvalue weighted by Gasteiger charge is -2.13. The van der Waals surface area contributed by atoms with E-state index in [4.69, 9.17) is 0 Å². The number of aromatic hydroxyl groups is 1. The number of nitrogens with zero attached hydrogens (tertiary/aromatic N) is 1. The number of non-ortho nitro benzene ring substituents is 1. The lowest BCUT2D eigenvalue weighted by atomic mass is 10.0. The van der Waals surface area contributed by atoms with Crippen LogP contribution in [0.15, 0.2) is 18.2 Å². The first-order chi connectivity index (χ1) is 9.04. The number of nitro groups is 1. The summed E-state index contributed by atoms with van der Waals surface area (Å²) < 4.78 is 0. The van der Waals surface area contributed by atoms with Gasteiger partial charge in [0, 0.05) is 18.1 Å². The van der Waals surface area contributed by atoms with Crippen LogP contribution in [0.1, 0.15) is 19.3 Å². The van der Waals surface area contributed by atoms with Crippen LogP contribution in [0.4, 0.5) is 11.4 Å². The molecule has 2 unspecified atom stereocenters. The van der Waals surface area contributed by atoms with Gasteiger partial charge in [0.05, 0.1) is 10.6 Å². The summed E-state index contributed by atoms with van der Waals surface area (Å²) in [5.74, 6) is 1.05. The van der Waals surface area contributed by atoms with Crippen LogP contribution in [0.5, 0.6) is 5.75 Å². The van der Waals surface area contributed by atoms with Gasteiger partial charge >= 0.3 is 0 Å². The van der Waals surface area contributed by atoms with Gasteiger partial charge in [0.2, 0.25) is 5.91 Å². The maximum absolute atomic E-state index is 12.0. The second-order valence-electron chi connectivity index (χ2n) is 5.37. The molecule has 0 aliphatic heterocycles. The quantitative estimate of drug-likeness (QED) is 0.496. The predicted octanol–water partition coefficient (Wildman–Crippen LogP) is 2.29. The van der Waals surface area contributed by atoms with Gasteiger partial charge in [-0.15, -0.1) is 0 Å². The van der Waals surface area contributed by atoms with Gasteiger partial charge in [0.15, 0.2) is 0 Å². The Labute approximate surface area is 109 Å². The van der Waals surface area contributed by atoms with Crippen molar-refractivity contribution in [1.82, 2.24) is 0 Å². The van der Waals surface area contributed by atoms with Gasteiger partial charge in [0.25, 0.3) is 5.69 Å². The van der Waals surface area contributed by atoms with Gasteiger partial charge in [-0.25, -0.2) is 0 Å². The molecule has 0 saturated heterocycles. The molecule has 6 heteroatoms. The molecule has 100 valence electrons. The third-order valence-corrected chi connectivity index (χ3v) is 4.06. The van der Waals surface area contributed by atoms with E-state index in [0.29, 0.717) is 11.8 Å². The van der Waals surface area contributed by atoms with Gasteiger partial charge in [0.1, 0.15) is 5.75 Å². The van der Waals surface area contributed by atoms with Crippen molar-refractivity contribution in [1.29, 1.82) is 0 Å². The first kappa shape index (κ1) is 12.0. The molecular formula is C13H14N2O4. The second-order valence-corrected chi connectivity index (χ2v) is 5.37. The van der Waals surface area contributed by atoms with Crippen molar-refractivity contribution in [2.75, 3.05) is 5.32 Å². The molecule has 2 atom stereocenters. The fraction of sp³-hybridized carbons (Fsp3) is 0.462. The van der Waals surface area contributed by atoms with Crippen LogP contribution < -0.4 is 5.32 Å². The van der Waals surface area contributed by atoms with Crippen molar-refractivity contribution in [3.05, 3.63) is 28.3 Å². The Morgan fingerprint density at radius 1 is 1.32 bits per heavy atom. The number of carbonyl (C=O) groups excluding carboxylic acids is 1. The molecule has 0 aromatic heterocycles. The number of rotatable bonds is 3. The molecule has 0 spiro atoms. The number of benzene rings is 1. The van der Waals surface area contributed by atoms with Crippen LogP contribution in [-0.2, 0) is 4.79 Å². The number of phenolic OH excluding ortho intramolecular Hbond substituents is 1. The molecule has 3 rings (SSSR count). The number of anilines is 1. The van der Waals surface area contributed by atoms with Crippen LogP contribution >= 0.6 is 0 Å². The highest BCUT2D eigenvalue weighted by molar-refractivity contribution is 5.94. The number of nitro benzene ring substituents is 1. The summed E-state index contributed by atoms with van der Waals surface area (Å²) in [5, 5.41) is 22.9. The van der Waals surface area contributed by atoms with E-state index in [9.17, 15) is 20.0 Å². The predicted molar refractivity (Wildman–Crippen MR) is 67.7 cm³/mol. The van der Waals surface area contributed by atoms with Crippen molar-refractivity contribution >= 4 is 17.3 Å². The van der Waals surface area contributed by atoms with Crippen LogP contribution in [0.2, 0.25) is 0 Å². The molecule has 19 heavy (non-hydrogen) atoms. The number of fused-ring (bicyclic) bond motifs is 1. The van der Waals surface area contributed by atoms with E-state index < -0.39 is 4.92 Å². The van der Waals surface area contributed by atoms with E-state index in [-0.39, 0.29) is 28.9 Å². The Morgan fingerprint density at radius 2 is 2.00 bits per heavy atom. The van der Waals surface area contributed by atoms with E-state index in [2.05, 4.69) is 5.32 Å². The molecule has 2 saturated carbocycles. The number of phenols is 1. The average Bonchev–Trinajstić information content (AvgIpc) is 2.98. The fourth-order valence-corrected chi connectivity index (χ4v) is 2.90. The molecule has 0 bridgehead atoms. The van der Waals surface area contributed by atoms with Gasteiger partial charge in [-0.3, -0.25) is 14.9 Å². The minimum absolute atomic E-state index is 0.0255. The van der Waals surface area contributed by atoms with Crippen LogP contribution in [0.3, 0.4) is 0 Å². The highest BCUT2D eigenvalue weighted by Crippen LogP contribution is 2.54. The lowest BCUT2D eigenvalue weighted by molar-refractivity contribution is -0.384. The molecule has 0 heterocycles. The maximum Gasteiger partial charge on any atom is 0.271 e. The van der Waals surface area contributed by atoms with Crippen LogP contribution in [-0.4, -0.2) is 15.9 Å². The zero-order chi connectivity index (χ0) is 13.6. The molecule has 0 radical (unpaired) electrons. The number of nitrogens with one attached hydrogen (secondary N) is 1. The van der Waals surface area contributed by atoms with E-state index >= 15 is 0 Å². The fourth-order valence-electron chi connectivity index (χ4n) is 2.90. The highest BCUT2D eigenvalue weighted by atomic mass is 16.6. The third-order valence-electron chi connectivity index (χ3n) is 4.06. The Balaban J connectivity index is 1.73. The van der Waals surface area contributed by atoms with Crippen LogP contribution in [0.25, 0.3) is 0 Å². The normalized spacial score (nSPS) is 27.7. The van der Waals surface area contributed by atoms with E-state index in [1.807, 2.05) is 0 Å². The topological polar surface area (TPSA) is 92.5 Å². The van der Waals surface area contributed by atoms with E-state index in [1.165, 1.54) is 24.6 Å². The van der Waals surface area contributed by atoms with E-state index in [1.54, 1.807) is 0 Å². The van der Waals surface area contributed by atoms with Crippen molar-refractivity contribution in [3.63, 3.8) is 0 Å². The Bertz CT molecular complexity index is 548. The monoisotopic (exact) mass is 262 g/mol. The highest BCUT2D eigenvalue weighted by Gasteiger charge is 2.48. The summed E-state index contributed by atoms with van der Waals surface area (Å²) >= 11 is 0. The zero-order valence-electron chi connectivity index (χ0n) is 10.2. The molecule has 6 nitrogen and oxygen atoms in total. The average molecular weight is 262 g/mol. The summed E-state index contributed by atoms with van der Waals surface area (Å²) in [7, 11) is 0. The maximum atomic E-state index is 12.0. The lowest BCUT2D eigenvalue weighted by Crippen LogP contribution is -2.21. The molecule has 2 N–H and O–H groups in total. The molecule has 1 aromatic carbocycles. The van der Waals surface area contributed by atoms with E-state index in [0.717, 1.165) is 12.8 Å². The van der Waals surface area contributed by atoms with Crippen LogP contribution in [0, 0.1) is 27.9 Å². The van der Waals surface area contributed by atoms with Crippen molar-refractivity contribution in [2.45, 2.75) is 19.3 Å². The minimum Gasteiger partial charge on any atom is -0.506 e. The molecule has 2 fully saturated rings. The first-order valence-corrected chi connectivity index (χ1v) is 6.33. The molecule has 1 aromatic rings. The smallest absolute Gasteiger partial charge is 0.271 e. The first-order valence-electron chi connectivity index (χ1n) is 6.33.